The van der Waals surface area contributed by atoms with Crippen LogP contribution in [0.4, 0.5) is 0 Å². The smallest absolute Gasteiger partial charge is 0.216 e. The van der Waals surface area contributed by atoms with Crippen LogP contribution in [0.25, 0.3) is 17.4 Å². The second-order valence-electron chi connectivity index (χ2n) is 5.40. The molecule has 0 bridgehead atoms. The Morgan fingerprint density at radius 1 is 0.963 bits per heavy atom. The third kappa shape index (κ3) is 4.20. The zero-order chi connectivity index (χ0) is 19.6. The Bertz CT molecular complexity index is 1170. The molecule has 0 atom stereocenters. The molecular formula is C19H10Cl3NO3S. The summed E-state index contributed by atoms with van der Waals surface area (Å²) in [5.74, 6) is 0.588. The molecule has 3 rings (SSSR count). The number of nitrogens with zero attached hydrogens (tertiary/aromatic N) is 1. The Balaban J connectivity index is 2.00. The highest BCUT2D eigenvalue weighted by Gasteiger charge is 2.21. The predicted octanol–water partition coefficient (Wildman–Crippen LogP) is 6.25. The molecule has 2 aromatic carbocycles. The molecule has 0 amide bonds. The molecule has 0 saturated carbocycles. The molecule has 0 aliphatic carbocycles. The van der Waals surface area contributed by atoms with Gasteiger partial charge in [-0.05, 0) is 54.6 Å². The summed E-state index contributed by atoms with van der Waals surface area (Å²) in [7, 11) is -4.00. The van der Waals surface area contributed by atoms with Gasteiger partial charge in [0.05, 0.1) is 9.92 Å². The van der Waals surface area contributed by atoms with Crippen LogP contribution in [0.15, 0.2) is 68.8 Å². The number of allylic oxidation sites excluding steroid dienone is 1. The van der Waals surface area contributed by atoms with Crippen LogP contribution in [0.2, 0.25) is 15.1 Å². The Labute approximate surface area is 171 Å². The van der Waals surface area contributed by atoms with Crippen molar-refractivity contribution in [2.45, 2.75) is 4.90 Å². The molecule has 136 valence electrons. The third-order valence-corrected chi connectivity index (χ3v) is 6.12. The van der Waals surface area contributed by atoms with E-state index in [4.69, 9.17) is 39.2 Å². The highest BCUT2D eigenvalue weighted by molar-refractivity contribution is 7.95. The van der Waals surface area contributed by atoms with Crippen molar-refractivity contribution in [3.63, 3.8) is 0 Å². The van der Waals surface area contributed by atoms with Crippen LogP contribution >= 0.6 is 34.8 Å². The van der Waals surface area contributed by atoms with Crippen LogP contribution in [-0.2, 0) is 9.84 Å². The van der Waals surface area contributed by atoms with Crippen LogP contribution in [-0.4, -0.2) is 8.42 Å². The van der Waals surface area contributed by atoms with E-state index in [2.05, 4.69) is 0 Å². The monoisotopic (exact) mass is 437 g/mol. The lowest BCUT2D eigenvalue weighted by atomic mass is 10.2. The first-order valence-corrected chi connectivity index (χ1v) is 10.1. The molecule has 8 heteroatoms. The number of furan rings is 1. The molecule has 3 aromatic rings. The van der Waals surface area contributed by atoms with Gasteiger partial charge in [-0.1, -0.05) is 34.8 Å². The maximum atomic E-state index is 12.6. The van der Waals surface area contributed by atoms with Crippen LogP contribution in [0.5, 0.6) is 0 Å². The van der Waals surface area contributed by atoms with Crippen molar-refractivity contribution < 1.29 is 12.8 Å². The maximum absolute atomic E-state index is 12.6. The Kier molecular flexibility index (Phi) is 5.64. The van der Waals surface area contributed by atoms with Crippen molar-refractivity contribution in [3.05, 3.63) is 80.3 Å². The molecule has 27 heavy (non-hydrogen) atoms. The first-order chi connectivity index (χ1) is 12.8. The van der Waals surface area contributed by atoms with Crippen LogP contribution in [0.3, 0.4) is 0 Å². The van der Waals surface area contributed by atoms with Gasteiger partial charge >= 0.3 is 0 Å². The van der Waals surface area contributed by atoms with E-state index >= 15 is 0 Å². The average molecular weight is 439 g/mol. The molecule has 0 fully saturated rings. The highest BCUT2D eigenvalue weighted by atomic mass is 35.5. The summed E-state index contributed by atoms with van der Waals surface area (Å²) in [6.07, 6.45) is 1.16. The fourth-order valence-electron chi connectivity index (χ4n) is 2.30. The van der Waals surface area contributed by atoms with Crippen molar-refractivity contribution in [1.82, 2.24) is 0 Å². The second kappa shape index (κ2) is 7.79. The minimum absolute atomic E-state index is 0.0376. The number of hydrogen-bond donors (Lipinski definition) is 0. The van der Waals surface area contributed by atoms with Crippen molar-refractivity contribution in [2.24, 2.45) is 0 Å². The molecule has 0 saturated heterocycles. The molecule has 0 aliphatic heterocycles. The number of benzene rings is 2. The summed E-state index contributed by atoms with van der Waals surface area (Å²) in [6.45, 7) is 0. The second-order valence-corrected chi connectivity index (χ2v) is 8.60. The van der Waals surface area contributed by atoms with Gasteiger partial charge in [0.2, 0.25) is 9.84 Å². The number of nitriles is 1. The lowest BCUT2D eigenvalue weighted by molar-refractivity contribution is 0.571. The molecule has 0 aliphatic rings. The van der Waals surface area contributed by atoms with Gasteiger partial charge in [0.15, 0.2) is 4.91 Å². The minimum atomic E-state index is -4.00. The fraction of sp³-hybridized carbons (Fsp3) is 0. The standard InChI is InChI=1S/C19H10Cl3NO3S/c20-12-1-5-15(6-2-12)27(24,25)16(11-23)10-14-4-8-19(26-14)17-9-13(21)3-7-18(17)22/h1-10H/b16-10+. The molecular weight excluding hydrogens is 429 g/mol. The predicted molar refractivity (Wildman–Crippen MR) is 106 cm³/mol. The summed E-state index contributed by atoms with van der Waals surface area (Å²) in [5, 5.41) is 10.6. The number of rotatable bonds is 4. The summed E-state index contributed by atoms with van der Waals surface area (Å²) in [4.78, 5) is -0.493. The summed E-state index contributed by atoms with van der Waals surface area (Å²) >= 11 is 17.9. The first-order valence-electron chi connectivity index (χ1n) is 7.49. The van der Waals surface area contributed by atoms with E-state index in [1.165, 1.54) is 24.3 Å². The van der Waals surface area contributed by atoms with E-state index in [1.54, 1.807) is 36.4 Å². The zero-order valence-corrected chi connectivity index (χ0v) is 16.6. The van der Waals surface area contributed by atoms with E-state index in [0.717, 1.165) is 6.08 Å². The molecule has 4 nitrogen and oxygen atoms in total. The summed E-state index contributed by atoms with van der Waals surface area (Å²) < 4.78 is 30.9. The third-order valence-electron chi connectivity index (χ3n) is 3.62. The Hall–Kier alpha value is -2.23. The minimum Gasteiger partial charge on any atom is -0.457 e. The molecule has 0 N–H and O–H groups in total. The van der Waals surface area contributed by atoms with Gasteiger partial charge in [-0.2, -0.15) is 5.26 Å². The van der Waals surface area contributed by atoms with Crippen LogP contribution < -0.4 is 0 Å². The number of hydrogen-bond acceptors (Lipinski definition) is 4. The van der Waals surface area contributed by atoms with E-state index in [-0.39, 0.29) is 10.7 Å². The molecule has 1 aromatic heterocycles. The number of sulfone groups is 1. The zero-order valence-electron chi connectivity index (χ0n) is 13.5. The van der Waals surface area contributed by atoms with E-state index in [0.29, 0.717) is 26.4 Å². The lowest BCUT2D eigenvalue weighted by Crippen LogP contribution is -2.03. The van der Waals surface area contributed by atoms with E-state index < -0.39 is 14.7 Å². The van der Waals surface area contributed by atoms with Crippen LogP contribution in [0, 0.1) is 11.3 Å². The van der Waals surface area contributed by atoms with Gasteiger partial charge in [-0.15, -0.1) is 0 Å². The Morgan fingerprint density at radius 2 is 1.63 bits per heavy atom. The number of halogens is 3. The molecule has 1 heterocycles. The van der Waals surface area contributed by atoms with Crippen molar-refractivity contribution in [3.8, 4) is 17.4 Å². The lowest BCUT2D eigenvalue weighted by Gasteiger charge is -2.03. The topological polar surface area (TPSA) is 71.1 Å². The summed E-state index contributed by atoms with van der Waals surface area (Å²) in [6, 6.07) is 15.3. The van der Waals surface area contributed by atoms with Crippen LogP contribution in [0.1, 0.15) is 5.76 Å². The van der Waals surface area contributed by atoms with Gasteiger partial charge in [-0.25, -0.2) is 8.42 Å². The van der Waals surface area contributed by atoms with Gasteiger partial charge < -0.3 is 4.42 Å². The fourth-order valence-corrected chi connectivity index (χ4v) is 3.95. The van der Waals surface area contributed by atoms with E-state index in [9.17, 15) is 13.7 Å². The normalized spacial score (nSPS) is 12.0. The van der Waals surface area contributed by atoms with Gasteiger partial charge in [0.1, 0.15) is 17.6 Å². The van der Waals surface area contributed by atoms with Crippen molar-refractivity contribution in [2.75, 3.05) is 0 Å². The first kappa shape index (κ1) is 19.5. The van der Waals surface area contributed by atoms with Crippen molar-refractivity contribution >= 4 is 50.7 Å². The summed E-state index contributed by atoms with van der Waals surface area (Å²) in [5.41, 5.74) is 0.558. The molecule has 0 unspecified atom stereocenters. The van der Waals surface area contributed by atoms with E-state index in [1.807, 2.05) is 0 Å². The largest absolute Gasteiger partial charge is 0.457 e. The van der Waals surface area contributed by atoms with Gasteiger partial charge in [0.25, 0.3) is 0 Å². The SMILES string of the molecule is N#C/C(=C\c1ccc(-c2cc(Cl)ccc2Cl)o1)S(=O)(=O)c1ccc(Cl)cc1. The van der Waals surface area contributed by atoms with Crippen molar-refractivity contribution in [1.29, 1.82) is 5.26 Å². The Morgan fingerprint density at radius 3 is 2.30 bits per heavy atom. The maximum Gasteiger partial charge on any atom is 0.216 e. The molecule has 0 spiro atoms. The average Bonchev–Trinajstić information content (AvgIpc) is 3.10. The highest BCUT2D eigenvalue weighted by Crippen LogP contribution is 2.32. The molecule has 0 radical (unpaired) electrons. The quantitative estimate of drug-likeness (QED) is 0.452. The van der Waals surface area contributed by atoms with Gasteiger partial charge in [0, 0.05) is 21.7 Å². The van der Waals surface area contributed by atoms with Gasteiger partial charge in [-0.3, -0.25) is 0 Å².